The zero-order valence-electron chi connectivity index (χ0n) is 17.6. The maximum Gasteiger partial charge on any atom is 0.231 e. The Morgan fingerprint density at radius 3 is 2.67 bits per heavy atom. The van der Waals surface area contributed by atoms with E-state index in [0.717, 1.165) is 45.5 Å². The molecule has 0 aromatic heterocycles. The maximum atomic E-state index is 5.47. The van der Waals surface area contributed by atoms with Crippen LogP contribution in [0.2, 0.25) is 0 Å². The molecule has 0 unspecified atom stereocenters. The highest BCUT2D eigenvalue weighted by Gasteiger charge is 2.18. The van der Waals surface area contributed by atoms with Crippen molar-refractivity contribution < 1.29 is 9.47 Å². The van der Waals surface area contributed by atoms with Crippen molar-refractivity contribution in [2.75, 3.05) is 32.8 Å². The zero-order valence-corrected chi connectivity index (χ0v) is 17.6. The molecule has 154 valence electrons. The monoisotopic (exact) mass is 402 g/mol. The number of anilines is 1. The second-order valence-electron chi connectivity index (χ2n) is 7.31. The van der Waals surface area contributed by atoms with Gasteiger partial charge in [-0.05, 0) is 41.5 Å². The number of hydrogen-bond acceptors (Lipinski definition) is 6. The summed E-state index contributed by atoms with van der Waals surface area (Å²) in [5.74, 6) is 3.39. The Balaban J connectivity index is 1.52. The van der Waals surface area contributed by atoms with E-state index in [1.165, 1.54) is 0 Å². The number of nitrogens with one attached hydrogen (secondary N) is 1. The van der Waals surface area contributed by atoms with E-state index in [9.17, 15) is 0 Å². The van der Waals surface area contributed by atoms with E-state index < -0.39 is 0 Å². The quantitative estimate of drug-likeness (QED) is 0.792. The fourth-order valence-corrected chi connectivity index (χ4v) is 3.44. The van der Waals surface area contributed by atoms with E-state index in [2.05, 4.69) is 46.1 Å². The average molecular weight is 402 g/mol. The molecule has 0 saturated heterocycles. The molecular formula is C24H26N4O2. The normalized spacial score (nSPS) is 16.2. The highest BCUT2D eigenvalue weighted by molar-refractivity contribution is 5.82. The summed E-state index contributed by atoms with van der Waals surface area (Å²) >= 11 is 0. The van der Waals surface area contributed by atoms with Gasteiger partial charge in [-0.3, -0.25) is 0 Å². The molecule has 2 heterocycles. The summed E-state index contributed by atoms with van der Waals surface area (Å²) in [6, 6.07) is 14.4. The maximum absolute atomic E-state index is 5.47. The van der Waals surface area contributed by atoms with E-state index in [1.54, 1.807) is 0 Å². The summed E-state index contributed by atoms with van der Waals surface area (Å²) < 4.78 is 10.9. The Bertz CT molecular complexity index is 1040. The number of benzene rings is 2. The standard InChI is InChI=1S/C24H26N4O2/c1-5-20(18-7-9-19(10-8-18)27(2)3)24-25-13-12-23(28(24)4)26-15-17-6-11-21-22(14-17)30-16-29-21/h5-14,26H,1,15-16H2,2-4H3/b24-20+. The van der Waals surface area contributed by atoms with Gasteiger partial charge in [-0.25, -0.2) is 4.99 Å². The van der Waals surface area contributed by atoms with Crippen LogP contribution in [0.4, 0.5) is 5.69 Å². The van der Waals surface area contributed by atoms with Gasteiger partial charge in [0.2, 0.25) is 6.79 Å². The molecule has 2 aromatic carbocycles. The lowest BCUT2D eigenvalue weighted by Gasteiger charge is -2.28. The third kappa shape index (κ3) is 3.89. The van der Waals surface area contributed by atoms with Gasteiger partial charge in [-0.1, -0.05) is 30.9 Å². The summed E-state index contributed by atoms with van der Waals surface area (Å²) in [5, 5.41) is 3.49. The van der Waals surface area contributed by atoms with Crippen LogP contribution in [0, 0.1) is 0 Å². The summed E-state index contributed by atoms with van der Waals surface area (Å²) in [6.45, 7) is 4.97. The van der Waals surface area contributed by atoms with E-state index in [0.29, 0.717) is 6.54 Å². The first-order chi connectivity index (χ1) is 14.6. The minimum atomic E-state index is 0.282. The Hall–Kier alpha value is -3.67. The van der Waals surface area contributed by atoms with Crippen LogP contribution in [0.5, 0.6) is 11.5 Å². The third-order valence-electron chi connectivity index (χ3n) is 5.16. The summed E-state index contributed by atoms with van der Waals surface area (Å²) in [5.41, 5.74) is 4.32. The lowest BCUT2D eigenvalue weighted by atomic mass is 10.0. The summed E-state index contributed by atoms with van der Waals surface area (Å²) in [4.78, 5) is 8.74. The molecule has 30 heavy (non-hydrogen) atoms. The Kier molecular flexibility index (Phi) is 5.48. The van der Waals surface area contributed by atoms with Gasteiger partial charge in [-0.15, -0.1) is 0 Å². The fourth-order valence-electron chi connectivity index (χ4n) is 3.44. The molecule has 2 aromatic rings. The average Bonchev–Trinajstić information content (AvgIpc) is 3.23. The van der Waals surface area contributed by atoms with Crippen molar-refractivity contribution in [1.82, 2.24) is 10.2 Å². The van der Waals surface area contributed by atoms with E-state index in [-0.39, 0.29) is 6.79 Å². The molecule has 0 radical (unpaired) electrons. The number of nitrogens with zero attached hydrogens (tertiary/aromatic N) is 3. The van der Waals surface area contributed by atoms with Crippen molar-refractivity contribution >= 4 is 17.5 Å². The van der Waals surface area contributed by atoms with Gasteiger partial charge in [0.15, 0.2) is 11.5 Å². The van der Waals surface area contributed by atoms with Crippen LogP contribution in [0.25, 0.3) is 5.57 Å². The molecule has 6 nitrogen and oxygen atoms in total. The van der Waals surface area contributed by atoms with Gasteiger partial charge in [0, 0.05) is 45.2 Å². The molecular weight excluding hydrogens is 376 g/mol. The highest BCUT2D eigenvalue weighted by atomic mass is 16.7. The molecule has 0 aliphatic carbocycles. The lowest BCUT2D eigenvalue weighted by molar-refractivity contribution is 0.174. The molecule has 0 bridgehead atoms. The first kappa shape index (κ1) is 19.6. The first-order valence-corrected chi connectivity index (χ1v) is 9.82. The Morgan fingerprint density at radius 2 is 1.93 bits per heavy atom. The van der Waals surface area contributed by atoms with E-state index in [4.69, 9.17) is 9.47 Å². The van der Waals surface area contributed by atoms with Crippen molar-refractivity contribution in [2.24, 2.45) is 4.99 Å². The molecule has 0 fully saturated rings. The van der Waals surface area contributed by atoms with Crippen molar-refractivity contribution in [1.29, 1.82) is 0 Å². The van der Waals surface area contributed by atoms with Crippen LogP contribution >= 0.6 is 0 Å². The van der Waals surface area contributed by atoms with Crippen LogP contribution < -0.4 is 19.7 Å². The second kappa shape index (κ2) is 8.37. The largest absolute Gasteiger partial charge is 0.454 e. The highest BCUT2D eigenvalue weighted by Crippen LogP contribution is 2.33. The lowest BCUT2D eigenvalue weighted by Crippen LogP contribution is -2.30. The first-order valence-electron chi connectivity index (χ1n) is 9.82. The van der Waals surface area contributed by atoms with Crippen LogP contribution in [0.1, 0.15) is 11.1 Å². The predicted molar refractivity (Wildman–Crippen MR) is 122 cm³/mol. The molecule has 0 saturated carbocycles. The molecule has 4 rings (SSSR count). The summed E-state index contributed by atoms with van der Waals surface area (Å²) in [7, 11) is 6.07. The van der Waals surface area contributed by atoms with Crippen molar-refractivity contribution in [3.8, 4) is 11.5 Å². The van der Waals surface area contributed by atoms with E-state index in [1.807, 2.05) is 62.6 Å². The molecule has 0 atom stereocenters. The number of aliphatic imine (C=N–C) groups is 1. The second-order valence-corrected chi connectivity index (χ2v) is 7.31. The topological polar surface area (TPSA) is 49.3 Å². The molecule has 1 N–H and O–H groups in total. The number of ether oxygens (including phenoxy) is 2. The summed E-state index contributed by atoms with van der Waals surface area (Å²) in [6.07, 6.45) is 5.63. The Labute approximate surface area is 177 Å². The smallest absolute Gasteiger partial charge is 0.231 e. The molecule has 0 amide bonds. The molecule has 2 aliphatic rings. The fraction of sp³-hybridized carbons (Fsp3) is 0.208. The van der Waals surface area contributed by atoms with Crippen molar-refractivity contribution in [2.45, 2.75) is 6.54 Å². The molecule has 6 heteroatoms. The van der Waals surface area contributed by atoms with Crippen LogP contribution in [0.15, 0.2) is 77.8 Å². The Morgan fingerprint density at radius 1 is 1.17 bits per heavy atom. The van der Waals surface area contributed by atoms with Gasteiger partial charge < -0.3 is 24.6 Å². The van der Waals surface area contributed by atoms with Gasteiger partial charge in [0.1, 0.15) is 11.6 Å². The predicted octanol–water partition coefficient (Wildman–Crippen LogP) is 3.98. The van der Waals surface area contributed by atoms with Gasteiger partial charge in [0.05, 0.1) is 0 Å². The minimum Gasteiger partial charge on any atom is -0.454 e. The van der Waals surface area contributed by atoms with Crippen LogP contribution in [-0.4, -0.2) is 39.1 Å². The zero-order chi connectivity index (χ0) is 21.1. The number of rotatable bonds is 6. The number of hydrogen-bond donors (Lipinski definition) is 1. The van der Waals surface area contributed by atoms with Crippen LogP contribution in [0.3, 0.4) is 0 Å². The van der Waals surface area contributed by atoms with Crippen molar-refractivity contribution in [3.63, 3.8) is 0 Å². The van der Waals surface area contributed by atoms with Crippen LogP contribution in [-0.2, 0) is 6.54 Å². The van der Waals surface area contributed by atoms with Gasteiger partial charge in [-0.2, -0.15) is 0 Å². The van der Waals surface area contributed by atoms with E-state index >= 15 is 0 Å². The van der Waals surface area contributed by atoms with Crippen molar-refractivity contribution in [3.05, 3.63) is 84.0 Å². The molecule has 2 aliphatic heterocycles. The number of fused-ring (bicyclic) bond motifs is 1. The minimum absolute atomic E-state index is 0.282. The number of allylic oxidation sites excluding steroid dienone is 3. The third-order valence-corrected chi connectivity index (χ3v) is 5.16. The molecule has 0 spiro atoms. The van der Waals surface area contributed by atoms with Gasteiger partial charge >= 0.3 is 0 Å². The SMILES string of the molecule is C=C/C(=C1/N=CC=C(NCc2ccc3c(c2)OCO3)N1C)c1ccc(N(C)C)cc1. The van der Waals surface area contributed by atoms with Gasteiger partial charge in [0.25, 0.3) is 0 Å².